The smallest absolute Gasteiger partial charge is 0.0480 e. The molecule has 0 saturated carbocycles. The van der Waals surface area contributed by atoms with Gasteiger partial charge in [-0.2, -0.15) is 0 Å². The zero-order chi connectivity index (χ0) is 13.2. The Labute approximate surface area is 114 Å². The minimum absolute atomic E-state index is 0.329. The van der Waals surface area contributed by atoms with E-state index in [9.17, 15) is 0 Å². The molecule has 0 radical (unpaired) electrons. The highest BCUT2D eigenvalue weighted by atomic mass is 15.2. The van der Waals surface area contributed by atoms with Gasteiger partial charge in [-0.3, -0.25) is 9.88 Å². The van der Waals surface area contributed by atoms with Gasteiger partial charge in [0, 0.05) is 38.1 Å². The number of hydrogen-bond acceptors (Lipinski definition) is 3. The second kappa shape index (κ2) is 5.11. The molecule has 3 heteroatoms. The molecule has 0 bridgehead atoms. The fourth-order valence-corrected chi connectivity index (χ4v) is 2.86. The van der Waals surface area contributed by atoms with Gasteiger partial charge < -0.3 is 5.73 Å². The van der Waals surface area contributed by atoms with Crippen LogP contribution in [0, 0.1) is 6.92 Å². The Morgan fingerprint density at radius 3 is 3.00 bits per heavy atom. The first kappa shape index (κ1) is 12.3. The van der Waals surface area contributed by atoms with E-state index in [1.54, 1.807) is 0 Å². The largest absolute Gasteiger partial charge is 0.329 e. The second-order valence-electron chi connectivity index (χ2n) is 5.22. The third-order valence-corrected chi connectivity index (χ3v) is 3.81. The lowest BCUT2D eigenvalue weighted by Crippen LogP contribution is -2.27. The SMILES string of the molecule is Cc1ccc2c(c1)C(CN)N(Cc1cccnc1)C2. The van der Waals surface area contributed by atoms with Crippen LogP contribution in [0.25, 0.3) is 0 Å². The summed E-state index contributed by atoms with van der Waals surface area (Å²) in [5.41, 5.74) is 11.3. The van der Waals surface area contributed by atoms with E-state index in [0.29, 0.717) is 12.6 Å². The van der Waals surface area contributed by atoms with Gasteiger partial charge in [0.05, 0.1) is 0 Å². The number of nitrogens with zero attached hydrogens (tertiary/aromatic N) is 2. The number of benzene rings is 1. The third-order valence-electron chi connectivity index (χ3n) is 3.81. The molecule has 2 heterocycles. The zero-order valence-electron chi connectivity index (χ0n) is 11.2. The number of pyridine rings is 1. The van der Waals surface area contributed by atoms with Gasteiger partial charge in [-0.15, -0.1) is 0 Å². The number of aromatic nitrogens is 1. The molecule has 1 aliphatic rings. The standard InChI is InChI=1S/C16H19N3/c1-12-4-5-14-11-19(16(8-17)15(14)7-12)10-13-3-2-6-18-9-13/h2-7,9,16H,8,10-11,17H2,1H3. The van der Waals surface area contributed by atoms with Gasteiger partial charge in [0.25, 0.3) is 0 Å². The van der Waals surface area contributed by atoms with Crippen molar-refractivity contribution >= 4 is 0 Å². The van der Waals surface area contributed by atoms with Crippen molar-refractivity contribution in [1.29, 1.82) is 0 Å². The first-order valence-corrected chi connectivity index (χ1v) is 6.70. The Hall–Kier alpha value is -1.71. The Kier molecular flexibility index (Phi) is 3.32. The lowest BCUT2D eigenvalue weighted by Gasteiger charge is -2.23. The molecule has 1 aromatic carbocycles. The summed E-state index contributed by atoms with van der Waals surface area (Å²) in [6.45, 7) is 4.68. The van der Waals surface area contributed by atoms with Gasteiger partial charge in [0.1, 0.15) is 0 Å². The normalized spacial score (nSPS) is 18.5. The summed E-state index contributed by atoms with van der Waals surface area (Å²) in [7, 11) is 0. The minimum atomic E-state index is 0.329. The van der Waals surface area contributed by atoms with Gasteiger partial charge in [-0.1, -0.05) is 29.8 Å². The van der Waals surface area contributed by atoms with Crippen molar-refractivity contribution in [3.05, 3.63) is 65.0 Å². The number of hydrogen-bond donors (Lipinski definition) is 1. The molecule has 0 fully saturated rings. The Morgan fingerprint density at radius 1 is 1.37 bits per heavy atom. The van der Waals surface area contributed by atoms with Crippen molar-refractivity contribution in [1.82, 2.24) is 9.88 Å². The van der Waals surface area contributed by atoms with Crippen LogP contribution in [0.15, 0.2) is 42.7 Å². The highest BCUT2D eigenvalue weighted by Gasteiger charge is 2.28. The highest BCUT2D eigenvalue weighted by Crippen LogP contribution is 2.34. The average Bonchev–Trinajstić information content (AvgIpc) is 2.76. The van der Waals surface area contributed by atoms with Crippen LogP contribution in [0.3, 0.4) is 0 Å². The molecule has 0 amide bonds. The molecule has 2 aromatic rings. The molecule has 2 N–H and O–H groups in total. The minimum Gasteiger partial charge on any atom is -0.329 e. The third kappa shape index (κ3) is 2.39. The first-order valence-electron chi connectivity index (χ1n) is 6.70. The maximum atomic E-state index is 5.99. The Balaban J connectivity index is 1.85. The average molecular weight is 253 g/mol. The predicted octanol–water partition coefficient (Wildman–Crippen LogP) is 2.41. The molecule has 0 aliphatic carbocycles. The zero-order valence-corrected chi connectivity index (χ0v) is 11.2. The molecule has 3 nitrogen and oxygen atoms in total. The van der Waals surface area contributed by atoms with E-state index in [1.165, 1.54) is 22.3 Å². The van der Waals surface area contributed by atoms with Gasteiger partial charge in [0.15, 0.2) is 0 Å². The number of aryl methyl sites for hydroxylation is 1. The first-order chi connectivity index (χ1) is 9.28. The lowest BCUT2D eigenvalue weighted by molar-refractivity contribution is 0.210. The van der Waals surface area contributed by atoms with E-state index >= 15 is 0 Å². The van der Waals surface area contributed by atoms with Gasteiger partial charge in [-0.05, 0) is 29.7 Å². The number of nitrogens with two attached hydrogens (primary N) is 1. The topological polar surface area (TPSA) is 42.1 Å². The van der Waals surface area contributed by atoms with Crippen LogP contribution in [0.1, 0.15) is 28.3 Å². The molecule has 1 aliphatic heterocycles. The van der Waals surface area contributed by atoms with Crippen LogP contribution >= 0.6 is 0 Å². The summed E-state index contributed by atoms with van der Waals surface area (Å²) < 4.78 is 0. The summed E-state index contributed by atoms with van der Waals surface area (Å²) in [6, 6.07) is 11.1. The molecule has 0 spiro atoms. The monoisotopic (exact) mass is 253 g/mol. The van der Waals surface area contributed by atoms with Crippen molar-refractivity contribution < 1.29 is 0 Å². The second-order valence-corrected chi connectivity index (χ2v) is 5.22. The van der Waals surface area contributed by atoms with Gasteiger partial charge >= 0.3 is 0 Å². The van der Waals surface area contributed by atoms with Crippen molar-refractivity contribution in [3.8, 4) is 0 Å². The van der Waals surface area contributed by atoms with E-state index in [2.05, 4.69) is 41.1 Å². The maximum Gasteiger partial charge on any atom is 0.0480 e. The summed E-state index contributed by atoms with van der Waals surface area (Å²) in [6.07, 6.45) is 3.74. The Bertz CT molecular complexity index is 565. The van der Waals surface area contributed by atoms with E-state index in [0.717, 1.165) is 13.1 Å². The molecular formula is C16H19N3. The summed E-state index contributed by atoms with van der Waals surface area (Å²) >= 11 is 0. The number of fused-ring (bicyclic) bond motifs is 1. The van der Waals surface area contributed by atoms with E-state index < -0.39 is 0 Å². The van der Waals surface area contributed by atoms with Crippen LogP contribution in [-0.4, -0.2) is 16.4 Å². The predicted molar refractivity (Wildman–Crippen MR) is 76.5 cm³/mol. The lowest BCUT2D eigenvalue weighted by atomic mass is 10.0. The number of rotatable bonds is 3. The molecule has 3 rings (SSSR count). The van der Waals surface area contributed by atoms with E-state index in [-0.39, 0.29) is 0 Å². The molecule has 19 heavy (non-hydrogen) atoms. The molecular weight excluding hydrogens is 234 g/mol. The quantitative estimate of drug-likeness (QED) is 0.913. The fraction of sp³-hybridized carbons (Fsp3) is 0.312. The Morgan fingerprint density at radius 2 is 2.26 bits per heavy atom. The van der Waals surface area contributed by atoms with Gasteiger partial charge in [0.2, 0.25) is 0 Å². The molecule has 1 aromatic heterocycles. The van der Waals surface area contributed by atoms with Crippen LogP contribution in [-0.2, 0) is 13.1 Å². The van der Waals surface area contributed by atoms with E-state index in [1.807, 2.05) is 18.5 Å². The van der Waals surface area contributed by atoms with Crippen molar-refractivity contribution in [3.63, 3.8) is 0 Å². The van der Waals surface area contributed by atoms with Gasteiger partial charge in [-0.25, -0.2) is 0 Å². The summed E-state index contributed by atoms with van der Waals surface area (Å²) in [5.74, 6) is 0. The van der Waals surface area contributed by atoms with Crippen LogP contribution in [0.4, 0.5) is 0 Å². The summed E-state index contributed by atoms with van der Waals surface area (Å²) in [4.78, 5) is 6.61. The fourth-order valence-electron chi connectivity index (χ4n) is 2.86. The molecule has 98 valence electrons. The molecule has 1 unspecified atom stereocenters. The van der Waals surface area contributed by atoms with Crippen molar-refractivity contribution in [2.24, 2.45) is 5.73 Å². The maximum absolute atomic E-state index is 5.99. The van der Waals surface area contributed by atoms with E-state index in [4.69, 9.17) is 5.73 Å². The molecule has 1 atom stereocenters. The van der Waals surface area contributed by atoms with Crippen LogP contribution in [0.2, 0.25) is 0 Å². The summed E-state index contributed by atoms with van der Waals surface area (Å²) in [5, 5.41) is 0. The van der Waals surface area contributed by atoms with Crippen molar-refractivity contribution in [2.45, 2.75) is 26.1 Å². The molecule has 0 saturated heterocycles. The highest BCUT2D eigenvalue weighted by molar-refractivity contribution is 5.37. The van der Waals surface area contributed by atoms with Crippen molar-refractivity contribution in [2.75, 3.05) is 6.54 Å². The van der Waals surface area contributed by atoms with Crippen LogP contribution in [0.5, 0.6) is 0 Å². The van der Waals surface area contributed by atoms with Crippen LogP contribution < -0.4 is 5.73 Å².